The number of benzene rings is 1. The van der Waals surface area contributed by atoms with Gasteiger partial charge in [-0.05, 0) is 19.1 Å². The van der Waals surface area contributed by atoms with Crippen LogP contribution in [0, 0.1) is 0 Å². The van der Waals surface area contributed by atoms with E-state index in [0.29, 0.717) is 5.75 Å². The lowest BCUT2D eigenvalue weighted by atomic mass is 10.3. The molecule has 134 valence electrons. The van der Waals surface area contributed by atoms with Crippen LogP contribution in [0.2, 0.25) is 0 Å². The van der Waals surface area contributed by atoms with Crippen molar-refractivity contribution in [3.8, 4) is 5.75 Å². The van der Waals surface area contributed by atoms with Crippen molar-refractivity contribution in [2.24, 2.45) is 0 Å². The highest BCUT2D eigenvalue weighted by Gasteiger charge is 2.29. The molecule has 1 unspecified atom stereocenters. The van der Waals surface area contributed by atoms with Crippen molar-refractivity contribution < 1.29 is 32.2 Å². The molecule has 0 radical (unpaired) electrons. The predicted molar refractivity (Wildman–Crippen MR) is 79.4 cm³/mol. The van der Waals surface area contributed by atoms with Crippen LogP contribution in [-0.4, -0.2) is 50.4 Å². The largest absolute Gasteiger partial charge is 0.484 e. The van der Waals surface area contributed by atoms with E-state index in [4.69, 9.17) is 4.74 Å². The van der Waals surface area contributed by atoms with Gasteiger partial charge in [0.25, 0.3) is 5.91 Å². The molecule has 0 aromatic heterocycles. The number of hydrogen-bond donors (Lipinski definition) is 2. The summed E-state index contributed by atoms with van der Waals surface area (Å²) >= 11 is 0. The van der Waals surface area contributed by atoms with Gasteiger partial charge in [0.1, 0.15) is 18.5 Å². The van der Waals surface area contributed by atoms with Gasteiger partial charge in [-0.3, -0.25) is 9.59 Å². The molecule has 1 aromatic rings. The van der Waals surface area contributed by atoms with Crippen molar-refractivity contribution in [3.05, 3.63) is 30.3 Å². The molecule has 0 heterocycles. The lowest BCUT2D eigenvalue weighted by Gasteiger charge is -2.14. The number of ether oxygens (including phenoxy) is 2. The molecule has 0 saturated heterocycles. The number of alkyl halides is 3. The number of carbonyl (C=O) groups is 2. The SMILES string of the molecule is CC(OCC(F)(F)F)C(=O)NCCNC(=O)COc1ccccc1. The van der Waals surface area contributed by atoms with E-state index in [0.717, 1.165) is 0 Å². The minimum Gasteiger partial charge on any atom is -0.484 e. The lowest BCUT2D eigenvalue weighted by molar-refractivity contribution is -0.185. The first kappa shape index (κ1) is 19.8. The summed E-state index contributed by atoms with van der Waals surface area (Å²) in [7, 11) is 0. The van der Waals surface area contributed by atoms with Crippen molar-refractivity contribution >= 4 is 11.8 Å². The first-order valence-corrected chi connectivity index (χ1v) is 7.18. The second-order valence-corrected chi connectivity index (χ2v) is 4.81. The Morgan fingerprint density at radius 2 is 1.75 bits per heavy atom. The van der Waals surface area contributed by atoms with Gasteiger partial charge in [-0.25, -0.2) is 0 Å². The molecule has 0 aliphatic carbocycles. The highest BCUT2D eigenvalue weighted by Crippen LogP contribution is 2.15. The molecule has 0 spiro atoms. The molecule has 0 bridgehead atoms. The van der Waals surface area contributed by atoms with Gasteiger partial charge in [0.05, 0.1) is 0 Å². The van der Waals surface area contributed by atoms with Crippen LogP contribution in [0.15, 0.2) is 30.3 Å². The fourth-order valence-corrected chi connectivity index (χ4v) is 1.54. The first-order valence-electron chi connectivity index (χ1n) is 7.18. The summed E-state index contributed by atoms with van der Waals surface area (Å²) in [5.41, 5.74) is 0. The average molecular weight is 348 g/mol. The molecule has 0 aliphatic heterocycles. The number of hydrogen-bond acceptors (Lipinski definition) is 4. The summed E-state index contributed by atoms with van der Waals surface area (Å²) in [4.78, 5) is 23.0. The van der Waals surface area contributed by atoms with Gasteiger partial charge in [0, 0.05) is 13.1 Å². The zero-order valence-corrected chi connectivity index (χ0v) is 13.1. The minimum atomic E-state index is -4.48. The number of rotatable bonds is 9. The maximum atomic E-state index is 12.0. The summed E-state index contributed by atoms with van der Waals surface area (Å²) in [6.45, 7) is -0.268. The molecule has 0 saturated carbocycles. The zero-order chi connectivity index (χ0) is 18.0. The molecular formula is C15H19F3N2O4. The average Bonchev–Trinajstić information content (AvgIpc) is 2.54. The molecule has 9 heteroatoms. The smallest absolute Gasteiger partial charge is 0.411 e. The Morgan fingerprint density at radius 3 is 2.38 bits per heavy atom. The van der Waals surface area contributed by atoms with E-state index in [-0.39, 0.29) is 25.6 Å². The molecule has 0 fully saturated rings. The van der Waals surface area contributed by atoms with Gasteiger partial charge in [-0.1, -0.05) is 18.2 Å². The van der Waals surface area contributed by atoms with Crippen molar-refractivity contribution in [1.29, 1.82) is 0 Å². The second kappa shape index (κ2) is 9.76. The Hall–Kier alpha value is -2.29. The Labute approximate surface area is 137 Å². The number of para-hydroxylation sites is 1. The summed E-state index contributed by atoms with van der Waals surface area (Å²) < 4.78 is 45.5. The Balaban J connectivity index is 2.11. The van der Waals surface area contributed by atoms with Crippen LogP contribution in [0.1, 0.15) is 6.92 Å². The molecule has 0 aliphatic rings. The Bertz CT molecular complexity index is 523. The van der Waals surface area contributed by atoms with E-state index < -0.39 is 24.8 Å². The standard InChI is InChI=1S/C15H19F3N2O4/c1-11(24-10-15(16,17)18)14(22)20-8-7-19-13(21)9-23-12-5-3-2-4-6-12/h2-6,11H,7-10H2,1H3,(H,19,21)(H,20,22). The third kappa shape index (κ3) is 8.99. The molecule has 24 heavy (non-hydrogen) atoms. The third-order valence-corrected chi connectivity index (χ3v) is 2.73. The molecule has 6 nitrogen and oxygen atoms in total. The van der Waals surface area contributed by atoms with Crippen LogP contribution in [0.5, 0.6) is 5.75 Å². The summed E-state index contributed by atoms with van der Waals surface area (Å²) in [5.74, 6) is -0.514. The van der Waals surface area contributed by atoms with Crippen LogP contribution in [-0.2, 0) is 14.3 Å². The number of amides is 2. The Morgan fingerprint density at radius 1 is 1.12 bits per heavy atom. The van der Waals surface area contributed by atoms with Gasteiger partial charge < -0.3 is 20.1 Å². The molecule has 2 amide bonds. The third-order valence-electron chi connectivity index (χ3n) is 2.73. The molecule has 1 rings (SSSR count). The van der Waals surface area contributed by atoms with Crippen LogP contribution >= 0.6 is 0 Å². The van der Waals surface area contributed by atoms with Gasteiger partial charge >= 0.3 is 6.18 Å². The highest BCUT2D eigenvalue weighted by atomic mass is 19.4. The van der Waals surface area contributed by atoms with Crippen molar-refractivity contribution in [2.75, 3.05) is 26.3 Å². The number of carbonyl (C=O) groups excluding carboxylic acids is 2. The van der Waals surface area contributed by atoms with Gasteiger partial charge in [-0.15, -0.1) is 0 Å². The van der Waals surface area contributed by atoms with E-state index in [2.05, 4.69) is 15.4 Å². The summed E-state index contributed by atoms with van der Waals surface area (Å²) in [6, 6.07) is 8.76. The maximum absolute atomic E-state index is 12.0. The first-order chi connectivity index (χ1) is 11.3. The monoisotopic (exact) mass is 348 g/mol. The predicted octanol–water partition coefficient (Wildman–Crippen LogP) is 1.27. The lowest BCUT2D eigenvalue weighted by Crippen LogP contribution is -2.41. The molecule has 1 atom stereocenters. The van der Waals surface area contributed by atoms with E-state index in [1.807, 2.05) is 6.07 Å². The van der Waals surface area contributed by atoms with Crippen LogP contribution in [0.25, 0.3) is 0 Å². The van der Waals surface area contributed by atoms with E-state index in [1.54, 1.807) is 24.3 Å². The number of nitrogens with one attached hydrogen (secondary N) is 2. The minimum absolute atomic E-state index is 0.0651. The van der Waals surface area contributed by atoms with Gasteiger partial charge in [0.15, 0.2) is 6.61 Å². The van der Waals surface area contributed by atoms with Gasteiger partial charge in [0.2, 0.25) is 5.91 Å². The Kier molecular flexibility index (Phi) is 8.03. The van der Waals surface area contributed by atoms with Crippen molar-refractivity contribution in [1.82, 2.24) is 10.6 Å². The second-order valence-electron chi connectivity index (χ2n) is 4.81. The fourth-order valence-electron chi connectivity index (χ4n) is 1.54. The maximum Gasteiger partial charge on any atom is 0.411 e. The van der Waals surface area contributed by atoms with E-state index >= 15 is 0 Å². The summed E-state index contributed by atoms with van der Waals surface area (Å²) in [6.07, 6.45) is -5.72. The fraction of sp³-hybridized carbons (Fsp3) is 0.467. The van der Waals surface area contributed by atoms with Crippen molar-refractivity contribution in [2.45, 2.75) is 19.2 Å². The molecule has 2 N–H and O–H groups in total. The molecular weight excluding hydrogens is 329 g/mol. The summed E-state index contributed by atoms with van der Waals surface area (Å²) in [5, 5.41) is 4.86. The van der Waals surface area contributed by atoms with Gasteiger partial charge in [-0.2, -0.15) is 13.2 Å². The van der Waals surface area contributed by atoms with Crippen LogP contribution in [0.4, 0.5) is 13.2 Å². The van der Waals surface area contributed by atoms with Crippen LogP contribution < -0.4 is 15.4 Å². The highest BCUT2D eigenvalue weighted by molar-refractivity contribution is 5.80. The normalized spacial score (nSPS) is 12.3. The van der Waals surface area contributed by atoms with Crippen molar-refractivity contribution in [3.63, 3.8) is 0 Å². The van der Waals surface area contributed by atoms with Crippen LogP contribution in [0.3, 0.4) is 0 Å². The quantitative estimate of drug-likeness (QED) is 0.659. The number of halogens is 3. The van der Waals surface area contributed by atoms with E-state index in [9.17, 15) is 22.8 Å². The van der Waals surface area contributed by atoms with E-state index in [1.165, 1.54) is 6.92 Å². The zero-order valence-electron chi connectivity index (χ0n) is 13.1. The topological polar surface area (TPSA) is 76.7 Å². The molecule has 1 aromatic carbocycles.